The lowest BCUT2D eigenvalue weighted by molar-refractivity contribution is -0.0169. The lowest BCUT2D eigenvalue weighted by atomic mass is 10.2. The minimum atomic E-state index is -0.447. The van der Waals surface area contributed by atoms with Gasteiger partial charge in [0.2, 0.25) is 0 Å². The summed E-state index contributed by atoms with van der Waals surface area (Å²) in [6.07, 6.45) is 3.02. The summed E-state index contributed by atoms with van der Waals surface area (Å²) >= 11 is 0. The van der Waals surface area contributed by atoms with Crippen LogP contribution in [-0.4, -0.2) is 62.9 Å². The van der Waals surface area contributed by atoms with Gasteiger partial charge in [0.15, 0.2) is 0 Å². The molecular weight excluding hydrogens is 222 g/mol. The second-order valence-corrected chi connectivity index (χ2v) is 4.80. The summed E-state index contributed by atoms with van der Waals surface area (Å²) in [6, 6.07) is 0.391. The summed E-state index contributed by atoms with van der Waals surface area (Å²) in [6.45, 7) is 3.97. The third-order valence-corrected chi connectivity index (χ3v) is 3.21. The molecule has 0 aromatic carbocycles. The number of aliphatic hydroxyl groups excluding tert-OH is 1. The molecule has 2 saturated heterocycles. The number of ether oxygens (including phenoxy) is 3. The van der Waals surface area contributed by atoms with Gasteiger partial charge in [-0.3, -0.25) is 0 Å². The SMILES string of the molecule is OC(CNC1CCOC1)COCC1CCCO1. The monoisotopic (exact) mass is 245 g/mol. The van der Waals surface area contributed by atoms with Gasteiger partial charge in [-0.2, -0.15) is 0 Å². The predicted octanol–water partition coefficient (Wildman–Crippen LogP) is -0.0786. The molecule has 0 spiro atoms. The average Bonchev–Trinajstić information content (AvgIpc) is 2.99. The predicted molar refractivity (Wildman–Crippen MR) is 63.0 cm³/mol. The van der Waals surface area contributed by atoms with Crippen LogP contribution in [0.1, 0.15) is 19.3 Å². The first-order valence-electron chi connectivity index (χ1n) is 6.53. The van der Waals surface area contributed by atoms with Crippen LogP contribution in [0.3, 0.4) is 0 Å². The Morgan fingerprint density at radius 1 is 1.35 bits per heavy atom. The molecule has 0 aromatic heterocycles. The third-order valence-electron chi connectivity index (χ3n) is 3.21. The topological polar surface area (TPSA) is 60.0 Å². The van der Waals surface area contributed by atoms with Gasteiger partial charge in [0, 0.05) is 25.8 Å². The van der Waals surface area contributed by atoms with E-state index in [1.165, 1.54) is 0 Å². The fraction of sp³-hybridized carbons (Fsp3) is 1.00. The van der Waals surface area contributed by atoms with Crippen molar-refractivity contribution in [1.82, 2.24) is 5.32 Å². The smallest absolute Gasteiger partial charge is 0.0897 e. The Balaban J connectivity index is 1.46. The number of nitrogens with one attached hydrogen (secondary N) is 1. The van der Waals surface area contributed by atoms with Gasteiger partial charge in [-0.25, -0.2) is 0 Å². The van der Waals surface area contributed by atoms with Crippen LogP contribution < -0.4 is 5.32 Å². The van der Waals surface area contributed by atoms with Crippen LogP contribution in [-0.2, 0) is 14.2 Å². The minimum absolute atomic E-state index is 0.235. The Labute approximate surface area is 102 Å². The quantitative estimate of drug-likeness (QED) is 0.657. The fourth-order valence-electron chi connectivity index (χ4n) is 2.17. The lowest BCUT2D eigenvalue weighted by Crippen LogP contribution is -2.38. The average molecular weight is 245 g/mol. The van der Waals surface area contributed by atoms with E-state index >= 15 is 0 Å². The Morgan fingerprint density at radius 3 is 3.00 bits per heavy atom. The zero-order valence-electron chi connectivity index (χ0n) is 10.3. The van der Waals surface area contributed by atoms with Crippen LogP contribution in [0.15, 0.2) is 0 Å². The molecule has 0 aromatic rings. The van der Waals surface area contributed by atoms with E-state index in [1.807, 2.05) is 0 Å². The lowest BCUT2D eigenvalue weighted by Gasteiger charge is -2.16. The van der Waals surface area contributed by atoms with E-state index in [0.717, 1.165) is 39.1 Å². The van der Waals surface area contributed by atoms with Crippen LogP contribution in [0.2, 0.25) is 0 Å². The summed E-state index contributed by atoms with van der Waals surface area (Å²) in [5.74, 6) is 0. The molecule has 2 fully saturated rings. The molecule has 0 amide bonds. The fourth-order valence-corrected chi connectivity index (χ4v) is 2.17. The first kappa shape index (κ1) is 13.2. The Morgan fingerprint density at radius 2 is 2.29 bits per heavy atom. The van der Waals surface area contributed by atoms with Crippen molar-refractivity contribution in [3.05, 3.63) is 0 Å². The van der Waals surface area contributed by atoms with Gasteiger partial charge in [-0.15, -0.1) is 0 Å². The van der Waals surface area contributed by atoms with Gasteiger partial charge in [-0.1, -0.05) is 0 Å². The molecule has 0 saturated carbocycles. The summed E-state index contributed by atoms with van der Waals surface area (Å²) in [4.78, 5) is 0. The molecule has 0 bridgehead atoms. The van der Waals surface area contributed by atoms with Crippen molar-refractivity contribution >= 4 is 0 Å². The van der Waals surface area contributed by atoms with E-state index in [4.69, 9.17) is 14.2 Å². The van der Waals surface area contributed by atoms with Crippen molar-refractivity contribution in [2.45, 2.75) is 37.5 Å². The molecule has 3 unspecified atom stereocenters. The van der Waals surface area contributed by atoms with Gasteiger partial charge >= 0.3 is 0 Å². The highest BCUT2D eigenvalue weighted by atomic mass is 16.5. The summed E-state index contributed by atoms with van der Waals surface area (Å²) in [7, 11) is 0. The summed E-state index contributed by atoms with van der Waals surface area (Å²) in [5.41, 5.74) is 0. The van der Waals surface area contributed by atoms with Crippen molar-refractivity contribution in [2.24, 2.45) is 0 Å². The first-order valence-corrected chi connectivity index (χ1v) is 6.53. The maximum atomic E-state index is 9.71. The van der Waals surface area contributed by atoms with Crippen molar-refractivity contribution in [2.75, 3.05) is 39.6 Å². The van der Waals surface area contributed by atoms with Crippen molar-refractivity contribution in [3.63, 3.8) is 0 Å². The Bertz CT molecular complexity index is 203. The number of hydrogen-bond acceptors (Lipinski definition) is 5. The molecule has 5 heteroatoms. The highest BCUT2D eigenvalue weighted by molar-refractivity contribution is 4.73. The highest BCUT2D eigenvalue weighted by Crippen LogP contribution is 2.11. The Hall–Kier alpha value is -0.200. The summed E-state index contributed by atoms with van der Waals surface area (Å²) in [5, 5.41) is 13.0. The molecular formula is C12H23NO4. The second kappa shape index (κ2) is 7.28. The zero-order valence-corrected chi connectivity index (χ0v) is 10.3. The van der Waals surface area contributed by atoms with Gasteiger partial charge in [0.1, 0.15) is 0 Å². The van der Waals surface area contributed by atoms with E-state index in [0.29, 0.717) is 25.8 Å². The molecule has 2 aliphatic heterocycles. The van der Waals surface area contributed by atoms with E-state index < -0.39 is 6.10 Å². The third kappa shape index (κ3) is 4.89. The zero-order chi connectivity index (χ0) is 11.9. The maximum absolute atomic E-state index is 9.71. The molecule has 5 nitrogen and oxygen atoms in total. The molecule has 0 aliphatic carbocycles. The first-order chi connectivity index (χ1) is 8.34. The molecule has 2 aliphatic rings. The Kier molecular flexibility index (Phi) is 5.67. The molecule has 2 rings (SSSR count). The van der Waals surface area contributed by atoms with Crippen molar-refractivity contribution < 1.29 is 19.3 Å². The van der Waals surface area contributed by atoms with Crippen LogP contribution in [0.4, 0.5) is 0 Å². The molecule has 2 N–H and O–H groups in total. The van der Waals surface area contributed by atoms with Gasteiger partial charge in [-0.05, 0) is 19.3 Å². The van der Waals surface area contributed by atoms with Gasteiger partial charge < -0.3 is 24.6 Å². The molecule has 2 heterocycles. The van der Waals surface area contributed by atoms with E-state index in [1.54, 1.807) is 0 Å². The van der Waals surface area contributed by atoms with Crippen LogP contribution in [0, 0.1) is 0 Å². The highest BCUT2D eigenvalue weighted by Gasteiger charge is 2.18. The molecule has 17 heavy (non-hydrogen) atoms. The number of hydrogen-bond donors (Lipinski definition) is 2. The normalized spacial score (nSPS) is 30.9. The van der Waals surface area contributed by atoms with E-state index in [9.17, 15) is 5.11 Å². The second-order valence-electron chi connectivity index (χ2n) is 4.80. The molecule has 0 radical (unpaired) electrons. The van der Waals surface area contributed by atoms with Crippen LogP contribution in [0.5, 0.6) is 0 Å². The molecule has 3 atom stereocenters. The largest absolute Gasteiger partial charge is 0.389 e. The standard InChI is InChI=1S/C12H23NO4/c14-11(6-13-10-3-5-15-7-10)8-16-9-12-2-1-4-17-12/h10-14H,1-9H2. The van der Waals surface area contributed by atoms with Crippen LogP contribution in [0.25, 0.3) is 0 Å². The van der Waals surface area contributed by atoms with Crippen molar-refractivity contribution in [3.8, 4) is 0 Å². The van der Waals surface area contributed by atoms with E-state index in [-0.39, 0.29) is 6.10 Å². The minimum Gasteiger partial charge on any atom is -0.389 e. The summed E-state index contributed by atoms with van der Waals surface area (Å²) < 4.78 is 16.1. The maximum Gasteiger partial charge on any atom is 0.0897 e. The number of aliphatic hydroxyl groups is 1. The van der Waals surface area contributed by atoms with Gasteiger partial charge in [0.05, 0.1) is 32.0 Å². The number of rotatable bonds is 7. The van der Waals surface area contributed by atoms with Crippen molar-refractivity contribution in [1.29, 1.82) is 0 Å². The van der Waals surface area contributed by atoms with Crippen LogP contribution >= 0.6 is 0 Å². The van der Waals surface area contributed by atoms with Gasteiger partial charge in [0.25, 0.3) is 0 Å². The van der Waals surface area contributed by atoms with E-state index in [2.05, 4.69) is 5.32 Å². The molecule has 100 valence electrons.